The van der Waals surface area contributed by atoms with Crippen LogP contribution in [0.3, 0.4) is 0 Å². The SMILES string of the molecule is O=C(NC1CCCC1)c1cn(C[C@@H]2CCCN2C(=O)c2ncccn2)nn1. The molecule has 1 aliphatic heterocycles. The second-order valence-electron chi connectivity index (χ2n) is 7.15. The number of amides is 2. The topological polar surface area (TPSA) is 106 Å². The number of carbonyl (C=O) groups excluding carboxylic acids is 2. The molecule has 2 aromatic rings. The number of rotatable bonds is 5. The van der Waals surface area contributed by atoms with E-state index in [-0.39, 0.29) is 29.7 Å². The molecule has 0 aromatic carbocycles. The number of hydrogen-bond acceptors (Lipinski definition) is 6. The molecule has 2 fully saturated rings. The maximum atomic E-state index is 12.6. The van der Waals surface area contributed by atoms with Crippen molar-refractivity contribution in [2.45, 2.75) is 57.2 Å². The lowest BCUT2D eigenvalue weighted by atomic mass is 10.2. The van der Waals surface area contributed by atoms with E-state index in [1.807, 2.05) is 0 Å². The Morgan fingerprint density at radius 1 is 1.11 bits per heavy atom. The van der Waals surface area contributed by atoms with Gasteiger partial charge in [0.05, 0.1) is 18.8 Å². The quantitative estimate of drug-likeness (QED) is 0.844. The van der Waals surface area contributed by atoms with Crippen molar-refractivity contribution < 1.29 is 9.59 Å². The molecule has 2 aromatic heterocycles. The highest BCUT2D eigenvalue weighted by atomic mass is 16.2. The molecule has 142 valence electrons. The number of carbonyl (C=O) groups is 2. The van der Waals surface area contributed by atoms with Gasteiger partial charge in [0, 0.05) is 25.0 Å². The van der Waals surface area contributed by atoms with Gasteiger partial charge in [-0.25, -0.2) is 14.6 Å². The third-order valence-corrected chi connectivity index (χ3v) is 5.25. The first kappa shape index (κ1) is 17.6. The molecule has 1 saturated carbocycles. The van der Waals surface area contributed by atoms with E-state index in [2.05, 4.69) is 25.6 Å². The highest BCUT2D eigenvalue weighted by Gasteiger charge is 2.31. The summed E-state index contributed by atoms with van der Waals surface area (Å²) in [4.78, 5) is 34.8. The lowest BCUT2D eigenvalue weighted by Crippen LogP contribution is -2.39. The van der Waals surface area contributed by atoms with Gasteiger partial charge in [0.2, 0.25) is 5.82 Å². The molecule has 0 radical (unpaired) electrons. The van der Waals surface area contributed by atoms with Crippen molar-refractivity contribution in [3.63, 3.8) is 0 Å². The summed E-state index contributed by atoms with van der Waals surface area (Å²) >= 11 is 0. The molecule has 27 heavy (non-hydrogen) atoms. The third kappa shape index (κ3) is 3.96. The zero-order chi connectivity index (χ0) is 18.6. The van der Waals surface area contributed by atoms with Crippen LogP contribution in [0.5, 0.6) is 0 Å². The van der Waals surface area contributed by atoms with Crippen molar-refractivity contribution in [3.8, 4) is 0 Å². The average molecular weight is 369 g/mol. The fourth-order valence-electron chi connectivity index (χ4n) is 3.87. The van der Waals surface area contributed by atoms with Crippen molar-refractivity contribution in [2.24, 2.45) is 0 Å². The van der Waals surface area contributed by atoms with E-state index in [4.69, 9.17) is 0 Å². The second-order valence-corrected chi connectivity index (χ2v) is 7.15. The lowest BCUT2D eigenvalue weighted by molar-refractivity contribution is 0.0708. The third-order valence-electron chi connectivity index (χ3n) is 5.25. The van der Waals surface area contributed by atoms with E-state index >= 15 is 0 Å². The van der Waals surface area contributed by atoms with Crippen molar-refractivity contribution in [2.75, 3.05) is 6.54 Å². The number of hydrogen-bond donors (Lipinski definition) is 1. The monoisotopic (exact) mass is 369 g/mol. The zero-order valence-corrected chi connectivity index (χ0v) is 15.1. The number of likely N-dealkylation sites (tertiary alicyclic amines) is 1. The van der Waals surface area contributed by atoms with Crippen molar-refractivity contribution in [1.82, 2.24) is 35.2 Å². The number of aromatic nitrogens is 5. The molecule has 1 saturated heterocycles. The molecular formula is C18H23N7O2. The molecule has 2 amide bonds. The summed E-state index contributed by atoms with van der Waals surface area (Å²) in [6, 6.07) is 1.93. The van der Waals surface area contributed by atoms with Gasteiger partial charge in [0.15, 0.2) is 5.69 Å². The largest absolute Gasteiger partial charge is 0.348 e. The first-order chi connectivity index (χ1) is 13.2. The molecule has 4 rings (SSSR count). The van der Waals surface area contributed by atoms with Crippen LogP contribution in [0.2, 0.25) is 0 Å². The van der Waals surface area contributed by atoms with Gasteiger partial charge in [-0.1, -0.05) is 18.1 Å². The van der Waals surface area contributed by atoms with Crippen LogP contribution < -0.4 is 5.32 Å². The minimum Gasteiger partial charge on any atom is -0.348 e. The highest BCUT2D eigenvalue weighted by Crippen LogP contribution is 2.21. The first-order valence-corrected chi connectivity index (χ1v) is 9.49. The molecule has 1 atom stereocenters. The second kappa shape index (κ2) is 7.81. The standard InChI is InChI=1S/C18H23N7O2/c26-17(21-13-5-1-2-6-13)15-12-24(23-22-15)11-14-7-3-10-25(14)18(27)16-19-8-4-9-20-16/h4,8-9,12-14H,1-3,5-7,10-11H2,(H,21,26)/t14-/m0/s1. The van der Waals surface area contributed by atoms with Gasteiger partial charge in [0.25, 0.3) is 11.8 Å². The van der Waals surface area contributed by atoms with Crippen LogP contribution in [0.4, 0.5) is 0 Å². The van der Waals surface area contributed by atoms with Crippen molar-refractivity contribution in [3.05, 3.63) is 36.2 Å². The molecule has 0 bridgehead atoms. The van der Waals surface area contributed by atoms with Crippen LogP contribution in [0, 0.1) is 0 Å². The summed E-state index contributed by atoms with van der Waals surface area (Å²) in [6.45, 7) is 1.17. The fourth-order valence-corrected chi connectivity index (χ4v) is 3.87. The lowest BCUT2D eigenvalue weighted by Gasteiger charge is -2.23. The maximum Gasteiger partial charge on any atom is 0.291 e. The van der Waals surface area contributed by atoms with E-state index in [0.29, 0.717) is 18.8 Å². The minimum absolute atomic E-state index is 0.00579. The summed E-state index contributed by atoms with van der Waals surface area (Å²) in [6.07, 6.45) is 11.0. The zero-order valence-electron chi connectivity index (χ0n) is 15.1. The maximum absolute atomic E-state index is 12.6. The number of nitrogens with zero attached hydrogens (tertiary/aromatic N) is 6. The summed E-state index contributed by atoms with van der Waals surface area (Å²) < 4.78 is 1.64. The van der Waals surface area contributed by atoms with Crippen LogP contribution in [-0.2, 0) is 6.54 Å². The van der Waals surface area contributed by atoms with Gasteiger partial charge >= 0.3 is 0 Å². The Morgan fingerprint density at radius 3 is 2.67 bits per heavy atom. The summed E-state index contributed by atoms with van der Waals surface area (Å²) in [5.41, 5.74) is 0.323. The summed E-state index contributed by atoms with van der Waals surface area (Å²) in [5, 5.41) is 11.1. The summed E-state index contributed by atoms with van der Waals surface area (Å²) in [5.74, 6) is -0.137. The van der Waals surface area contributed by atoms with Gasteiger partial charge in [-0.2, -0.15) is 0 Å². The van der Waals surface area contributed by atoms with E-state index < -0.39 is 0 Å². The Hall–Kier alpha value is -2.84. The Balaban J connectivity index is 1.39. The van der Waals surface area contributed by atoms with Gasteiger partial charge in [-0.05, 0) is 31.7 Å². The summed E-state index contributed by atoms with van der Waals surface area (Å²) in [7, 11) is 0. The van der Waals surface area contributed by atoms with E-state index in [1.165, 1.54) is 0 Å². The molecule has 0 unspecified atom stereocenters. The molecule has 0 spiro atoms. The minimum atomic E-state index is -0.176. The molecular weight excluding hydrogens is 346 g/mol. The predicted octanol–water partition coefficient (Wildman–Crippen LogP) is 1.05. The molecule has 3 heterocycles. The molecule has 1 N–H and O–H groups in total. The predicted molar refractivity (Wildman–Crippen MR) is 95.8 cm³/mol. The normalized spacial score (nSPS) is 20.1. The van der Waals surface area contributed by atoms with E-state index in [0.717, 1.165) is 38.5 Å². The van der Waals surface area contributed by atoms with Gasteiger partial charge < -0.3 is 10.2 Å². The van der Waals surface area contributed by atoms with Crippen LogP contribution >= 0.6 is 0 Å². The fraction of sp³-hybridized carbons (Fsp3) is 0.556. The van der Waals surface area contributed by atoms with Crippen LogP contribution in [0.25, 0.3) is 0 Å². The Morgan fingerprint density at radius 2 is 1.89 bits per heavy atom. The molecule has 9 heteroatoms. The van der Waals surface area contributed by atoms with Gasteiger partial charge in [-0.3, -0.25) is 9.59 Å². The molecule has 2 aliphatic rings. The Labute approximate surface area is 157 Å². The molecule has 1 aliphatic carbocycles. The Kier molecular flexibility index (Phi) is 5.08. The van der Waals surface area contributed by atoms with Crippen molar-refractivity contribution in [1.29, 1.82) is 0 Å². The van der Waals surface area contributed by atoms with Crippen LogP contribution in [0.1, 0.15) is 59.6 Å². The van der Waals surface area contributed by atoms with Crippen molar-refractivity contribution >= 4 is 11.8 Å². The van der Waals surface area contributed by atoms with E-state index in [9.17, 15) is 9.59 Å². The van der Waals surface area contributed by atoms with E-state index in [1.54, 1.807) is 34.2 Å². The molecule has 9 nitrogen and oxygen atoms in total. The van der Waals surface area contributed by atoms with Crippen LogP contribution in [-0.4, -0.2) is 60.3 Å². The highest BCUT2D eigenvalue weighted by molar-refractivity contribution is 5.92. The van der Waals surface area contributed by atoms with Crippen LogP contribution in [0.15, 0.2) is 24.7 Å². The van der Waals surface area contributed by atoms with Gasteiger partial charge in [0.1, 0.15) is 0 Å². The first-order valence-electron chi connectivity index (χ1n) is 9.49. The Bertz CT molecular complexity index is 801. The average Bonchev–Trinajstić information content (AvgIpc) is 3.44. The number of nitrogens with one attached hydrogen (secondary N) is 1. The smallest absolute Gasteiger partial charge is 0.291 e. The van der Waals surface area contributed by atoms with Gasteiger partial charge in [-0.15, -0.1) is 5.10 Å².